The highest BCUT2D eigenvalue weighted by atomic mass is 16.2. The van der Waals surface area contributed by atoms with E-state index in [2.05, 4.69) is 29.6 Å². The zero-order valence-corrected chi connectivity index (χ0v) is 12.6. The number of hydrogen-bond acceptors (Lipinski definition) is 3. The van der Waals surface area contributed by atoms with Gasteiger partial charge in [0.2, 0.25) is 11.8 Å². The lowest BCUT2D eigenvalue weighted by atomic mass is 10.1. The summed E-state index contributed by atoms with van der Waals surface area (Å²) in [6.45, 7) is 3.93. The van der Waals surface area contributed by atoms with E-state index in [4.69, 9.17) is 0 Å². The van der Waals surface area contributed by atoms with E-state index >= 15 is 0 Å². The van der Waals surface area contributed by atoms with Crippen LogP contribution < -0.4 is 5.32 Å². The van der Waals surface area contributed by atoms with Gasteiger partial charge in [-0.05, 0) is 37.3 Å². The average molecular weight is 286 g/mol. The van der Waals surface area contributed by atoms with Gasteiger partial charge in [0.05, 0.1) is 12.5 Å². The lowest BCUT2D eigenvalue weighted by Gasteiger charge is -2.22. The molecule has 1 aromatic carbocycles. The van der Waals surface area contributed by atoms with E-state index in [0.717, 1.165) is 19.3 Å². The minimum atomic E-state index is -0.342. The summed E-state index contributed by atoms with van der Waals surface area (Å²) in [5.74, 6) is -0.0901. The lowest BCUT2D eigenvalue weighted by molar-refractivity contribution is -0.141. The zero-order chi connectivity index (χ0) is 15.0. The van der Waals surface area contributed by atoms with Crippen LogP contribution in [0.4, 0.5) is 0 Å². The second-order valence-electron chi connectivity index (χ2n) is 6.16. The molecule has 2 unspecified atom stereocenters. The van der Waals surface area contributed by atoms with Crippen molar-refractivity contribution in [1.82, 2.24) is 10.2 Å². The summed E-state index contributed by atoms with van der Waals surface area (Å²) in [7, 11) is 0. The summed E-state index contributed by atoms with van der Waals surface area (Å²) in [5, 5.41) is 3.40. The van der Waals surface area contributed by atoms with Crippen LogP contribution in [0.2, 0.25) is 0 Å². The number of imide groups is 1. The number of benzene rings is 1. The summed E-state index contributed by atoms with van der Waals surface area (Å²) in [6.07, 6.45) is 2.99. The Morgan fingerprint density at radius 1 is 1.19 bits per heavy atom. The monoisotopic (exact) mass is 286 g/mol. The fourth-order valence-corrected chi connectivity index (χ4v) is 3.39. The molecule has 3 rings (SSSR count). The molecular weight excluding hydrogens is 264 g/mol. The fraction of sp³-hybridized carbons (Fsp3) is 0.529. The normalized spacial score (nSPS) is 23.7. The Bertz CT molecular complexity index is 545. The molecule has 1 fully saturated rings. The summed E-state index contributed by atoms with van der Waals surface area (Å²) < 4.78 is 0. The Hall–Kier alpha value is -1.68. The first-order chi connectivity index (χ1) is 10.1. The second-order valence-corrected chi connectivity index (χ2v) is 6.16. The first-order valence-electron chi connectivity index (χ1n) is 7.79. The van der Waals surface area contributed by atoms with E-state index in [1.807, 2.05) is 13.8 Å². The van der Waals surface area contributed by atoms with Gasteiger partial charge in [0.1, 0.15) is 0 Å². The number of hydrogen-bond donors (Lipinski definition) is 1. The predicted octanol–water partition coefficient (Wildman–Crippen LogP) is 1.67. The van der Waals surface area contributed by atoms with Crippen molar-refractivity contribution in [3.63, 3.8) is 0 Å². The van der Waals surface area contributed by atoms with Gasteiger partial charge in [0.25, 0.3) is 0 Å². The summed E-state index contributed by atoms with van der Waals surface area (Å²) in [5.41, 5.74) is 2.70. The van der Waals surface area contributed by atoms with E-state index in [-0.39, 0.29) is 29.9 Å². The molecule has 1 N–H and O–H groups in total. The molecule has 1 aromatic rings. The van der Waals surface area contributed by atoms with Crippen LogP contribution in [0, 0.1) is 0 Å². The maximum Gasteiger partial charge on any atom is 0.247 e. The Labute approximate surface area is 125 Å². The minimum absolute atomic E-state index is 0.00225. The molecule has 2 amide bonds. The third kappa shape index (κ3) is 2.60. The first-order valence-corrected chi connectivity index (χ1v) is 7.79. The highest BCUT2D eigenvalue weighted by Crippen LogP contribution is 2.24. The summed E-state index contributed by atoms with van der Waals surface area (Å²) in [4.78, 5) is 25.9. The number of nitrogens with one attached hydrogen (secondary N) is 1. The van der Waals surface area contributed by atoms with Crippen molar-refractivity contribution in [2.75, 3.05) is 0 Å². The maximum absolute atomic E-state index is 12.4. The van der Waals surface area contributed by atoms with E-state index in [0.29, 0.717) is 6.42 Å². The molecular formula is C17H22N2O2. The molecule has 0 aromatic heterocycles. The van der Waals surface area contributed by atoms with Crippen LogP contribution in [0.25, 0.3) is 0 Å². The van der Waals surface area contributed by atoms with Gasteiger partial charge in [-0.25, -0.2) is 0 Å². The predicted molar refractivity (Wildman–Crippen MR) is 80.8 cm³/mol. The van der Waals surface area contributed by atoms with Crippen LogP contribution in [0.3, 0.4) is 0 Å². The smallest absolute Gasteiger partial charge is 0.247 e. The van der Waals surface area contributed by atoms with E-state index in [9.17, 15) is 9.59 Å². The van der Waals surface area contributed by atoms with Gasteiger partial charge in [-0.2, -0.15) is 0 Å². The topological polar surface area (TPSA) is 49.4 Å². The SMILES string of the molecule is CCC(C)N1C(=O)CC(NC2Cc3ccccc3C2)C1=O. The van der Waals surface area contributed by atoms with Crippen molar-refractivity contribution in [3.05, 3.63) is 35.4 Å². The van der Waals surface area contributed by atoms with Crippen molar-refractivity contribution in [1.29, 1.82) is 0 Å². The molecule has 0 spiro atoms. The van der Waals surface area contributed by atoms with Crippen LogP contribution >= 0.6 is 0 Å². The first kappa shape index (κ1) is 14.3. The molecule has 21 heavy (non-hydrogen) atoms. The lowest BCUT2D eigenvalue weighted by Crippen LogP contribution is -2.46. The standard InChI is InChI=1S/C17H22N2O2/c1-3-11(2)19-16(20)10-15(17(19)21)18-14-8-12-6-4-5-7-13(12)9-14/h4-7,11,14-15,18H,3,8-10H2,1-2H3. The number of carbonyl (C=O) groups is 2. The number of likely N-dealkylation sites (tertiary alicyclic amines) is 1. The molecule has 1 saturated heterocycles. The van der Waals surface area contributed by atoms with E-state index in [1.54, 1.807) is 0 Å². The molecule has 1 aliphatic carbocycles. The molecule has 112 valence electrons. The third-order valence-corrected chi connectivity index (χ3v) is 4.70. The summed E-state index contributed by atoms with van der Waals surface area (Å²) >= 11 is 0. The van der Waals surface area contributed by atoms with Gasteiger partial charge >= 0.3 is 0 Å². The van der Waals surface area contributed by atoms with Crippen molar-refractivity contribution in [3.8, 4) is 0 Å². The van der Waals surface area contributed by atoms with Gasteiger partial charge in [0, 0.05) is 12.1 Å². The Morgan fingerprint density at radius 2 is 1.81 bits per heavy atom. The Kier molecular flexibility index (Phi) is 3.81. The number of rotatable bonds is 4. The number of carbonyl (C=O) groups excluding carboxylic acids is 2. The average Bonchev–Trinajstić information content (AvgIpc) is 2.99. The van der Waals surface area contributed by atoms with Crippen molar-refractivity contribution in [2.24, 2.45) is 0 Å². The highest BCUT2D eigenvalue weighted by molar-refractivity contribution is 6.05. The molecule has 2 aliphatic rings. The van der Waals surface area contributed by atoms with Crippen molar-refractivity contribution >= 4 is 11.8 Å². The number of nitrogens with zero attached hydrogens (tertiary/aromatic N) is 1. The van der Waals surface area contributed by atoms with E-state index < -0.39 is 0 Å². The number of fused-ring (bicyclic) bond motifs is 1. The highest BCUT2D eigenvalue weighted by Gasteiger charge is 2.41. The van der Waals surface area contributed by atoms with Crippen LogP contribution in [0.5, 0.6) is 0 Å². The quantitative estimate of drug-likeness (QED) is 0.857. The van der Waals surface area contributed by atoms with Crippen LogP contribution in [0.15, 0.2) is 24.3 Å². The van der Waals surface area contributed by atoms with Gasteiger partial charge in [-0.3, -0.25) is 14.5 Å². The molecule has 4 nitrogen and oxygen atoms in total. The molecule has 4 heteroatoms. The fourth-order valence-electron chi connectivity index (χ4n) is 3.39. The molecule has 0 radical (unpaired) electrons. The minimum Gasteiger partial charge on any atom is -0.302 e. The Balaban J connectivity index is 1.65. The molecule has 1 heterocycles. The van der Waals surface area contributed by atoms with Crippen LogP contribution in [0.1, 0.15) is 37.8 Å². The third-order valence-electron chi connectivity index (χ3n) is 4.70. The van der Waals surface area contributed by atoms with Gasteiger partial charge in [-0.1, -0.05) is 31.2 Å². The van der Waals surface area contributed by atoms with Gasteiger partial charge in [-0.15, -0.1) is 0 Å². The number of amides is 2. The molecule has 2 atom stereocenters. The zero-order valence-electron chi connectivity index (χ0n) is 12.6. The molecule has 0 bridgehead atoms. The molecule has 1 aliphatic heterocycles. The Morgan fingerprint density at radius 3 is 2.38 bits per heavy atom. The molecule has 0 saturated carbocycles. The second kappa shape index (κ2) is 5.60. The van der Waals surface area contributed by atoms with E-state index in [1.165, 1.54) is 16.0 Å². The largest absolute Gasteiger partial charge is 0.302 e. The van der Waals surface area contributed by atoms with Crippen molar-refractivity contribution < 1.29 is 9.59 Å². The van der Waals surface area contributed by atoms with Crippen LogP contribution in [-0.2, 0) is 22.4 Å². The summed E-state index contributed by atoms with van der Waals surface area (Å²) in [6, 6.07) is 8.31. The maximum atomic E-state index is 12.4. The van der Waals surface area contributed by atoms with Gasteiger partial charge in [0.15, 0.2) is 0 Å². The van der Waals surface area contributed by atoms with Crippen molar-refractivity contribution in [2.45, 2.75) is 57.7 Å². The van der Waals surface area contributed by atoms with Gasteiger partial charge < -0.3 is 5.32 Å². The van der Waals surface area contributed by atoms with Crippen LogP contribution in [-0.4, -0.2) is 34.8 Å².